The van der Waals surface area contributed by atoms with Gasteiger partial charge < -0.3 is 5.32 Å². The number of halogens is 3. The normalized spacial score (nSPS) is 12.5. The molecule has 0 aromatic heterocycles. The fraction of sp³-hybridized carbons (Fsp3) is 0.294. The minimum absolute atomic E-state index is 0.121. The molecular weight excluding hydrogens is 353 g/mol. The molecule has 1 nitrogen and oxygen atoms in total. The maximum absolute atomic E-state index is 14.5. The highest BCUT2D eigenvalue weighted by Gasteiger charge is 2.22. The average molecular weight is 371 g/mol. The summed E-state index contributed by atoms with van der Waals surface area (Å²) < 4.78 is 15.1. The number of hydrogen-bond acceptors (Lipinski definition) is 1. The molecule has 1 N–H and O–H groups in total. The van der Waals surface area contributed by atoms with Crippen molar-refractivity contribution in [1.82, 2.24) is 5.32 Å². The Balaban J connectivity index is 2.64. The summed E-state index contributed by atoms with van der Waals surface area (Å²) in [6, 6.07) is 7.56. The fourth-order valence-electron chi connectivity index (χ4n) is 2.87. The van der Waals surface area contributed by atoms with E-state index < -0.39 is 0 Å². The third-order valence-corrected chi connectivity index (χ3v) is 4.95. The van der Waals surface area contributed by atoms with Crippen molar-refractivity contribution < 1.29 is 4.39 Å². The van der Waals surface area contributed by atoms with E-state index >= 15 is 0 Å². The van der Waals surface area contributed by atoms with E-state index in [0.717, 1.165) is 16.7 Å². The first-order valence-corrected chi connectivity index (χ1v) is 7.92. The molecule has 2 rings (SSSR count). The quantitative estimate of drug-likeness (QED) is 0.706. The van der Waals surface area contributed by atoms with Crippen molar-refractivity contribution in [2.45, 2.75) is 26.8 Å². The molecule has 21 heavy (non-hydrogen) atoms. The van der Waals surface area contributed by atoms with Crippen LogP contribution in [0.4, 0.5) is 4.39 Å². The van der Waals surface area contributed by atoms with Crippen molar-refractivity contribution >= 4 is 27.5 Å². The molecule has 2 aromatic carbocycles. The van der Waals surface area contributed by atoms with E-state index in [4.69, 9.17) is 11.6 Å². The maximum atomic E-state index is 14.5. The molecule has 112 valence electrons. The summed E-state index contributed by atoms with van der Waals surface area (Å²) in [5, 5.41) is 3.33. The Morgan fingerprint density at radius 2 is 1.71 bits per heavy atom. The second-order valence-corrected chi connectivity index (χ2v) is 6.53. The van der Waals surface area contributed by atoms with Gasteiger partial charge in [-0.25, -0.2) is 4.39 Å². The summed E-state index contributed by atoms with van der Waals surface area (Å²) >= 11 is 9.28. The van der Waals surface area contributed by atoms with Crippen LogP contribution >= 0.6 is 27.5 Å². The van der Waals surface area contributed by atoms with Crippen LogP contribution in [-0.2, 0) is 0 Å². The van der Waals surface area contributed by atoms with Crippen molar-refractivity contribution in [3.05, 3.63) is 67.4 Å². The molecule has 0 bridgehead atoms. The number of rotatable bonds is 3. The summed E-state index contributed by atoms with van der Waals surface area (Å²) in [7, 11) is 1.83. The smallest absolute Gasteiger partial charge is 0.148 e. The molecule has 0 saturated heterocycles. The maximum Gasteiger partial charge on any atom is 0.148 e. The molecule has 0 fully saturated rings. The fourth-order valence-corrected chi connectivity index (χ4v) is 3.34. The third-order valence-electron chi connectivity index (χ3n) is 3.69. The minimum Gasteiger partial charge on any atom is -0.309 e. The van der Waals surface area contributed by atoms with E-state index in [2.05, 4.69) is 54.2 Å². The Morgan fingerprint density at radius 3 is 2.24 bits per heavy atom. The lowest BCUT2D eigenvalue weighted by atomic mass is 9.90. The zero-order valence-electron chi connectivity index (χ0n) is 12.5. The lowest BCUT2D eigenvalue weighted by Gasteiger charge is -2.23. The Morgan fingerprint density at radius 1 is 1.14 bits per heavy atom. The molecule has 0 amide bonds. The highest BCUT2D eigenvalue weighted by molar-refractivity contribution is 9.10. The van der Waals surface area contributed by atoms with Gasteiger partial charge in [-0.2, -0.15) is 0 Å². The zero-order chi connectivity index (χ0) is 15.7. The molecule has 0 radical (unpaired) electrons. The van der Waals surface area contributed by atoms with E-state index in [1.165, 1.54) is 5.56 Å². The van der Waals surface area contributed by atoms with Crippen LogP contribution in [0, 0.1) is 26.6 Å². The highest BCUT2D eigenvalue weighted by Crippen LogP contribution is 2.35. The molecule has 0 saturated carbocycles. The molecule has 0 aliphatic rings. The van der Waals surface area contributed by atoms with Crippen molar-refractivity contribution in [1.29, 1.82) is 0 Å². The van der Waals surface area contributed by atoms with Crippen LogP contribution in [0.3, 0.4) is 0 Å². The van der Waals surface area contributed by atoms with Gasteiger partial charge in [-0.15, -0.1) is 0 Å². The van der Waals surface area contributed by atoms with Gasteiger partial charge in [0.25, 0.3) is 0 Å². The molecule has 1 unspecified atom stereocenters. The molecule has 0 aliphatic heterocycles. The van der Waals surface area contributed by atoms with Crippen LogP contribution in [0.15, 0.2) is 28.7 Å². The van der Waals surface area contributed by atoms with E-state index in [-0.39, 0.29) is 16.9 Å². The second-order valence-electron chi connectivity index (χ2n) is 5.30. The van der Waals surface area contributed by atoms with Crippen molar-refractivity contribution in [3.8, 4) is 0 Å². The van der Waals surface area contributed by atoms with E-state index in [0.29, 0.717) is 10.0 Å². The van der Waals surface area contributed by atoms with Gasteiger partial charge in [0, 0.05) is 10.0 Å². The first kappa shape index (κ1) is 16.5. The highest BCUT2D eigenvalue weighted by atomic mass is 79.9. The number of benzene rings is 2. The van der Waals surface area contributed by atoms with Crippen molar-refractivity contribution in [3.63, 3.8) is 0 Å². The van der Waals surface area contributed by atoms with Gasteiger partial charge in [-0.05, 0) is 66.5 Å². The Hall–Kier alpha value is -0.900. The van der Waals surface area contributed by atoms with Gasteiger partial charge in [0.15, 0.2) is 0 Å². The third kappa shape index (κ3) is 3.15. The van der Waals surface area contributed by atoms with Crippen LogP contribution in [-0.4, -0.2) is 7.05 Å². The Kier molecular flexibility index (Phi) is 5.07. The second kappa shape index (κ2) is 6.47. The minimum atomic E-state index is -0.384. The van der Waals surface area contributed by atoms with Crippen LogP contribution in [0.2, 0.25) is 5.02 Å². The number of hydrogen-bond donors (Lipinski definition) is 1. The topological polar surface area (TPSA) is 12.0 Å². The van der Waals surface area contributed by atoms with E-state index in [9.17, 15) is 4.39 Å². The summed E-state index contributed by atoms with van der Waals surface area (Å²) in [5.41, 5.74) is 5.15. The lowest BCUT2D eigenvalue weighted by molar-refractivity contribution is 0.574. The molecule has 2 aromatic rings. The SMILES string of the molecule is CNC(c1ccc(Br)c(Cl)c1F)c1c(C)cc(C)cc1C. The molecular formula is C17H18BrClFN. The van der Waals surface area contributed by atoms with E-state index in [1.54, 1.807) is 12.1 Å². The summed E-state index contributed by atoms with van der Waals surface area (Å²) in [6.07, 6.45) is 0. The standard InChI is InChI=1S/C17H18BrClFN/c1-9-7-10(2)14(11(3)8-9)17(21-4)12-5-6-13(18)15(19)16(12)20/h5-8,17,21H,1-4H3. The van der Waals surface area contributed by atoms with E-state index in [1.807, 2.05) is 7.05 Å². The molecule has 0 heterocycles. The summed E-state index contributed by atoms with van der Waals surface area (Å²) in [5.74, 6) is -0.384. The average Bonchev–Trinajstić information content (AvgIpc) is 2.41. The largest absolute Gasteiger partial charge is 0.309 e. The molecule has 0 aliphatic carbocycles. The predicted octanol–water partition coefficient (Wildman–Crippen LogP) is 5.48. The summed E-state index contributed by atoms with van der Waals surface area (Å²) in [4.78, 5) is 0. The first-order chi connectivity index (χ1) is 9.86. The number of aryl methyl sites for hydroxylation is 3. The Bertz CT molecular complexity index is 662. The van der Waals surface area contributed by atoms with Crippen LogP contribution in [0.5, 0.6) is 0 Å². The van der Waals surface area contributed by atoms with Gasteiger partial charge in [-0.3, -0.25) is 0 Å². The van der Waals surface area contributed by atoms with Crippen molar-refractivity contribution in [2.24, 2.45) is 0 Å². The number of nitrogens with one attached hydrogen (secondary N) is 1. The lowest BCUT2D eigenvalue weighted by Crippen LogP contribution is -2.21. The monoisotopic (exact) mass is 369 g/mol. The molecule has 1 atom stereocenters. The van der Waals surface area contributed by atoms with Crippen molar-refractivity contribution in [2.75, 3.05) is 7.05 Å². The Labute approximate surface area is 138 Å². The van der Waals surface area contributed by atoms with Gasteiger partial charge in [0.2, 0.25) is 0 Å². The van der Waals surface area contributed by atoms with Gasteiger partial charge in [0.1, 0.15) is 5.82 Å². The van der Waals surface area contributed by atoms with Crippen LogP contribution in [0.1, 0.15) is 33.9 Å². The van der Waals surface area contributed by atoms with Gasteiger partial charge in [-0.1, -0.05) is 35.4 Å². The zero-order valence-corrected chi connectivity index (χ0v) is 14.9. The summed E-state index contributed by atoms with van der Waals surface area (Å²) in [6.45, 7) is 6.17. The van der Waals surface area contributed by atoms with Crippen LogP contribution < -0.4 is 5.32 Å². The van der Waals surface area contributed by atoms with Gasteiger partial charge >= 0.3 is 0 Å². The van der Waals surface area contributed by atoms with Gasteiger partial charge in [0.05, 0.1) is 11.1 Å². The van der Waals surface area contributed by atoms with Crippen LogP contribution in [0.25, 0.3) is 0 Å². The molecule has 4 heteroatoms. The molecule has 0 spiro atoms. The first-order valence-electron chi connectivity index (χ1n) is 6.75. The predicted molar refractivity (Wildman–Crippen MR) is 90.7 cm³/mol.